The van der Waals surface area contributed by atoms with Gasteiger partial charge in [-0.3, -0.25) is 4.79 Å². The molecule has 1 N–H and O–H groups in total. The van der Waals surface area contributed by atoms with Gasteiger partial charge in [-0.25, -0.2) is 0 Å². The zero-order valence-corrected chi connectivity index (χ0v) is 10.5. The quantitative estimate of drug-likeness (QED) is 0.633. The molecule has 0 aliphatic heterocycles. The van der Waals surface area contributed by atoms with Gasteiger partial charge in [0.05, 0.1) is 0 Å². The molecule has 14 heavy (non-hydrogen) atoms. The molecule has 0 unspecified atom stereocenters. The van der Waals surface area contributed by atoms with Crippen molar-refractivity contribution in [2.24, 2.45) is 5.92 Å². The molecule has 3 heteroatoms. The molecule has 0 atom stereocenters. The Hall–Kier alpha value is -0.180. The Labute approximate surface area is 92.2 Å². The molecule has 0 aromatic heterocycles. The van der Waals surface area contributed by atoms with Crippen LogP contribution in [0.15, 0.2) is 0 Å². The van der Waals surface area contributed by atoms with E-state index in [9.17, 15) is 4.79 Å². The lowest BCUT2D eigenvalue weighted by Crippen LogP contribution is -2.25. The van der Waals surface area contributed by atoms with Crippen molar-refractivity contribution in [3.63, 3.8) is 0 Å². The van der Waals surface area contributed by atoms with Gasteiger partial charge in [-0.2, -0.15) is 11.8 Å². The van der Waals surface area contributed by atoms with Crippen molar-refractivity contribution in [1.82, 2.24) is 5.32 Å². The summed E-state index contributed by atoms with van der Waals surface area (Å²) >= 11 is 1.93. The smallest absolute Gasteiger partial charge is 0.220 e. The third-order valence-corrected chi connectivity index (χ3v) is 2.90. The Kier molecular flexibility index (Phi) is 9.26. The highest BCUT2D eigenvalue weighted by molar-refractivity contribution is 7.99. The van der Waals surface area contributed by atoms with Crippen molar-refractivity contribution >= 4 is 17.7 Å². The fraction of sp³-hybridized carbons (Fsp3) is 0.909. The first kappa shape index (κ1) is 13.8. The van der Waals surface area contributed by atoms with E-state index < -0.39 is 0 Å². The molecule has 0 fully saturated rings. The zero-order chi connectivity index (χ0) is 10.8. The summed E-state index contributed by atoms with van der Waals surface area (Å²) in [5, 5.41) is 2.91. The molecule has 0 rings (SSSR count). The van der Waals surface area contributed by atoms with Gasteiger partial charge >= 0.3 is 0 Å². The number of thioether (sulfide) groups is 1. The van der Waals surface area contributed by atoms with Gasteiger partial charge in [0.25, 0.3) is 0 Å². The second kappa shape index (κ2) is 9.38. The molecule has 2 nitrogen and oxygen atoms in total. The third-order valence-electron chi connectivity index (χ3n) is 1.89. The summed E-state index contributed by atoms with van der Waals surface area (Å²) in [5.41, 5.74) is 0. The van der Waals surface area contributed by atoms with E-state index in [4.69, 9.17) is 0 Å². The van der Waals surface area contributed by atoms with E-state index in [1.54, 1.807) is 0 Å². The Morgan fingerprint density at radius 3 is 2.64 bits per heavy atom. The van der Waals surface area contributed by atoms with Crippen LogP contribution in [0.2, 0.25) is 0 Å². The standard InChI is InChI=1S/C11H23NOS/c1-4-5-11(13)12-7-9-14-8-6-10(2)3/h10H,4-9H2,1-3H3,(H,12,13). The van der Waals surface area contributed by atoms with E-state index in [0.29, 0.717) is 6.42 Å². The Morgan fingerprint density at radius 1 is 1.36 bits per heavy atom. The van der Waals surface area contributed by atoms with Gasteiger partial charge in [0, 0.05) is 18.7 Å². The Bertz CT molecular complexity index is 148. The number of nitrogens with one attached hydrogen (secondary N) is 1. The van der Waals surface area contributed by atoms with Crippen LogP contribution in [0.5, 0.6) is 0 Å². The minimum atomic E-state index is 0.192. The highest BCUT2D eigenvalue weighted by atomic mass is 32.2. The van der Waals surface area contributed by atoms with Gasteiger partial charge in [0.1, 0.15) is 0 Å². The predicted molar refractivity (Wildman–Crippen MR) is 64.7 cm³/mol. The molecule has 1 amide bonds. The number of rotatable bonds is 8. The topological polar surface area (TPSA) is 29.1 Å². The fourth-order valence-electron chi connectivity index (χ4n) is 0.999. The first-order valence-electron chi connectivity index (χ1n) is 5.51. The first-order chi connectivity index (χ1) is 6.66. The van der Waals surface area contributed by atoms with Gasteiger partial charge in [-0.05, 0) is 24.5 Å². The molecule has 0 saturated heterocycles. The molecule has 84 valence electrons. The van der Waals surface area contributed by atoms with Crippen molar-refractivity contribution in [3.8, 4) is 0 Å². The zero-order valence-electron chi connectivity index (χ0n) is 9.64. The summed E-state index contributed by atoms with van der Waals surface area (Å²) in [6.07, 6.45) is 2.87. The SMILES string of the molecule is CCCC(=O)NCCSCCC(C)C. The van der Waals surface area contributed by atoms with Crippen molar-refractivity contribution in [2.75, 3.05) is 18.1 Å². The van der Waals surface area contributed by atoms with E-state index in [2.05, 4.69) is 19.2 Å². The van der Waals surface area contributed by atoms with E-state index >= 15 is 0 Å². The largest absolute Gasteiger partial charge is 0.355 e. The lowest BCUT2D eigenvalue weighted by molar-refractivity contribution is -0.120. The molecule has 0 aromatic rings. The maximum absolute atomic E-state index is 11.1. The first-order valence-corrected chi connectivity index (χ1v) is 6.66. The number of amides is 1. The van der Waals surface area contributed by atoms with E-state index in [0.717, 1.165) is 24.6 Å². The number of carbonyl (C=O) groups excluding carboxylic acids is 1. The molecule has 0 heterocycles. The van der Waals surface area contributed by atoms with E-state index in [1.807, 2.05) is 18.7 Å². The Morgan fingerprint density at radius 2 is 2.07 bits per heavy atom. The number of hydrogen-bond acceptors (Lipinski definition) is 2. The maximum Gasteiger partial charge on any atom is 0.220 e. The molecule has 0 bridgehead atoms. The molecule has 0 aliphatic rings. The van der Waals surface area contributed by atoms with Crippen LogP contribution in [-0.4, -0.2) is 24.0 Å². The summed E-state index contributed by atoms with van der Waals surface area (Å²) in [4.78, 5) is 11.1. The van der Waals surface area contributed by atoms with Crippen LogP contribution in [0, 0.1) is 5.92 Å². The lowest BCUT2D eigenvalue weighted by atomic mass is 10.2. The molecular weight excluding hydrogens is 194 g/mol. The minimum Gasteiger partial charge on any atom is -0.355 e. The predicted octanol–water partition coefficient (Wildman–Crippen LogP) is 2.68. The summed E-state index contributed by atoms with van der Waals surface area (Å²) in [6, 6.07) is 0. The Balaban J connectivity index is 3.09. The van der Waals surface area contributed by atoms with Crippen LogP contribution in [-0.2, 0) is 4.79 Å². The van der Waals surface area contributed by atoms with E-state index in [-0.39, 0.29) is 5.91 Å². The van der Waals surface area contributed by atoms with Crippen LogP contribution in [0.1, 0.15) is 40.0 Å². The van der Waals surface area contributed by atoms with Crippen molar-refractivity contribution in [2.45, 2.75) is 40.0 Å². The van der Waals surface area contributed by atoms with Crippen molar-refractivity contribution < 1.29 is 4.79 Å². The maximum atomic E-state index is 11.1. The normalized spacial score (nSPS) is 10.6. The second-order valence-corrected chi connectivity index (χ2v) is 5.12. The summed E-state index contributed by atoms with van der Waals surface area (Å²) in [7, 11) is 0. The lowest BCUT2D eigenvalue weighted by Gasteiger charge is -2.05. The van der Waals surface area contributed by atoms with Gasteiger partial charge in [0.15, 0.2) is 0 Å². The van der Waals surface area contributed by atoms with Crippen LogP contribution in [0.4, 0.5) is 0 Å². The average molecular weight is 217 g/mol. The van der Waals surface area contributed by atoms with Crippen LogP contribution in [0.3, 0.4) is 0 Å². The molecule has 0 saturated carbocycles. The van der Waals surface area contributed by atoms with Crippen molar-refractivity contribution in [1.29, 1.82) is 0 Å². The van der Waals surface area contributed by atoms with Gasteiger partial charge < -0.3 is 5.32 Å². The monoisotopic (exact) mass is 217 g/mol. The highest BCUT2D eigenvalue weighted by Crippen LogP contribution is 2.07. The molecule has 0 radical (unpaired) electrons. The van der Waals surface area contributed by atoms with Crippen LogP contribution < -0.4 is 5.32 Å². The molecular formula is C11H23NOS. The molecule has 0 aliphatic carbocycles. The number of hydrogen-bond donors (Lipinski definition) is 1. The van der Waals surface area contributed by atoms with Crippen molar-refractivity contribution in [3.05, 3.63) is 0 Å². The third kappa shape index (κ3) is 9.90. The summed E-state index contributed by atoms with van der Waals surface area (Å²) < 4.78 is 0. The van der Waals surface area contributed by atoms with Gasteiger partial charge in [-0.15, -0.1) is 0 Å². The fourth-order valence-corrected chi connectivity index (χ4v) is 2.09. The second-order valence-electron chi connectivity index (χ2n) is 3.89. The van der Waals surface area contributed by atoms with E-state index in [1.165, 1.54) is 12.2 Å². The number of carbonyl (C=O) groups is 1. The minimum absolute atomic E-state index is 0.192. The van der Waals surface area contributed by atoms with Crippen LogP contribution in [0.25, 0.3) is 0 Å². The average Bonchev–Trinajstić information content (AvgIpc) is 2.11. The summed E-state index contributed by atoms with van der Waals surface area (Å²) in [6.45, 7) is 7.33. The molecule has 0 aromatic carbocycles. The van der Waals surface area contributed by atoms with Gasteiger partial charge in [-0.1, -0.05) is 20.8 Å². The van der Waals surface area contributed by atoms with Gasteiger partial charge in [0.2, 0.25) is 5.91 Å². The van der Waals surface area contributed by atoms with Crippen LogP contribution >= 0.6 is 11.8 Å². The highest BCUT2D eigenvalue weighted by Gasteiger charge is 1.98. The summed E-state index contributed by atoms with van der Waals surface area (Å²) in [5.74, 6) is 3.23. The molecule has 0 spiro atoms.